The molecule has 0 amide bonds. The first-order valence-electron chi connectivity index (χ1n) is 5.39. The van der Waals surface area contributed by atoms with E-state index in [4.69, 9.17) is 0 Å². The Bertz CT molecular complexity index is 352. The molecule has 1 nitrogen and oxygen atoms in total. The van der Waals surface area contributed by atoms with Crippen LogP contribution in [0.1, 0.15) is 18.4 Å². The van der Waals surface area contributed by atoms with Gasteiger partial charge in [-0.3, -0.25) is 0 Å². The van der Waals surface area contributed by atoms with Crippen LogP contribution in [0.3, 0.4) is 0 Å². The SMILES string of the molecule is C=CCC(O)(/C=C/c1ccccc1)CC=C. The number of hydrogen-bond acceptors (Lipinski definition) is 1. The highest BCUT2D eigenvalue weighted by Gasteiger charge is 2.19. The normalized spacial score (nSPS) is 11.6. The van der Waals surface area contributed by atoms with Crippen molar-refractivity contribution in [2.45, 2.75) is 18.4 Å². The van der Waals surface area contributed by atoms with E-state index < -0.39 is 5.60 Å². The Labute approximate surface area is 97.4 Å². The van der Waals surface area contributed by atoms with Crippen molar-refractivity contribution in [1.29, 1.82) is 0 Å². The second-order valence-electron chi connectivity index (χ2n) is 3.83. The summed E-state index contributed by atoms with van der Waals surface area (Å²) in [6.45, 7) is 7.31. The fraction of sp³-hybridized carbons (Fsp3) is 0.200. The van der Waals surface area contributed by atoms with Crippen molar-refractivity contribution in [2.24, 2.45) is 0 Å². The highest BCUT2D eigenvalue weighted by Crippen LogP contribution is 2.19. The van der Waals surface area contributed by atoms with Crippen LogP contribution >= 0.6 is 0 Å². The van der Waals surface area contributed by atoms with Gasteiger partial charge in [0.2, 0.25) is 0 Å². The zero-order valence-electron chi connectivity index (χ0n) is 9.47. The molecule has 0 atom stereocenters. The smallest absolute Gasteiger partial charge is 0.0899 e. The molecule has 1 heteroatoms. The summed E-state index contributed by atoms with van der Waals surface area (Å²) in [5.41, 5.74) is 0.216. The van der Waals surface area contributed by atoms with Gasteiger partial charge in [-0.05, 0) is 18.4 Å². The van der Waals surface area contributed by atoms with Crippen LogP contribution < -0.4 is 0 Å². The summed E-state index contributed by atoms with van der Waals surface area (Å²) in [6, 6.07) is 9.91. The van der Waals surface area contributed by atoms with Gasteiger partial charge in [-0.15, -0.1) is 13.2 Å². The molecule has 1 aromatic carbocycles. The van der Waals surface area contributed by atoms with E-state index in [1.165, 1.54) is 0 Å². The predicted octanol–water partition coefficient (Wildman–Crippen LogP) is 3.58. The zero-order valence-corrected chi connectivity index (χ0v) is 9.47. The lowest BCUT2D eigenvalue weighted by Gasteiger charge is -2.21. The molecule has 0 aliphatic rings. The molecule has 0 aliphatic carbocycles. The number of rotatable bonds is 6. The van der Waals surface area contributed by atoms with Crippen LogP contribution in [0.2, 0.25) is 0 Å². The van der Waals surface area contributed by atoms with Crippen molar-refractivity contribution >= 4 is 6.08 Å². The maximum atomic E-state index is 10.2. The highest BCUT2D eigenvalue weighted by molar-refractivity contribution is 5.50. The summed E-state index contributed by atoms with van der Waals surface area (Å²) in [7, 11) is 0. The van der Waals surface area contributed by atoms with Crippen molar-refractivity contribution < 1.29 is 5.11 Å². The van der Waals surface area contributed by atoms with Gasteiger partial charge < -0.3 is 5.11 Å². The molecule has 0 radical (unpaired) electrons. The first kappa shape index (κ1) is 12.5. The van der Waals surface area contributed by atoms with Crippen LogP contribution in [0.5, 0.6) is 0 Å². The third kappa shape index (κ3) is 3.87. The largest absolute Gasteiger partial charge is 0.385 e. The Balaban J connectivity index is 2.78. The zero-order chi connectivity index (χ0) is 11.9. The maximum absolute atomic E-state index is 10.2. The van der Waals surface area contributed by atoms with E-state index in [2.05, 4.69) is 13.2 Å². The van der Waals surface area contributed by atoms with Gasteiger partial charge in [0.25, 0.3) is 0 Å². The summed E-state index contributed by atoms with van der Waals surface area (Å²) < 4.78 is 0. The highest BCUT2D eigenvalue weighted by atomic mass is 16.3. The van der Waals surface area contributed by atoms with Gasteiger partial charge in [0.15, 0.2) is 0 Å². The van der Waals surface area contributed by atoms with E-state index in [1.54, 1.807) is 12.2 Å². The number of aliphatic hydroxyl groups is 1. The molecule has 16 heavy (non-hydrogen) atoms. The van der Waals surface area contributed by atoms with Crippen LogP contribution in [0.4, 0.5) is 0 Å². The quantitative estimate of drug-likeness (QED) is 0.717. The van der Waals surface area contributed by atoms with E-state index in [0.29, 0.717) is 12.8 Å². The van der Waals surface area contributed by atoms with E-state index in [0.717, 1.165) is 5.56 Å². The Hall–Kier alpha value is -1.60. The molecular formula is C15H18O. The van der Waals surface area contributed by atoms with Gasteiger partial charge in [-0.25, -0.2) is 0 Å². The minimum absolute atomic E-state index is 0.530. The summed E-state index contributed by atoms with van der Waals surface area (Å²) in [5, 5.41) is 10.2. The molecule has 1 rings (SSSR count). The Morgan fingerprint density at radius 1 is 1.06 bits per heavy atom. The molecule has 0 saturated carbocycles. The van der Waals surface area contributed by atoms with Crippen LogP contribution in [0.15, 0.2) is 61.7 Å². The van der Waals surface area contributed by atoms with Crippen LogP contribution in [0.25, 0.3) is 6.08 Å². The van der Waals surface area contributed by atoms with Gasteiger partial charge in [0.1, 0.15) is 0 Å². The average molecular weight is 214 g/mol. The van der Waals surface area contributed by atoms with Crippen LogP contribution in [0, 0.1) is 0 Å². The Kier molecular flexibility index (Phi) is 4.74. The molecule has 0 fully saturated rings. The monoisotopic (exact) mass is 214 g/mol. The van der Waals surface area contributed by atoms with Gasteiger partial charge >= 0.3 is 0 Å². The fourth-order valence-electron chi connectivity index (χ4n) is 1.53. The second kappa shape index (κ2) is 6.09. The molecule has 1 N–H and O–H groups in total. The second-order valence-corrected chi connectivity index (χ2v) is 3.83. The lowest BCUT2D eigenvalue weighted by Crippen LogP contribution is -2.23. The Morgan fingerprint density at radius 3 is 2.12 bits per heavy atom. The van der Waals surface area contributed by atoms with Crippen LogP contribution in [-0.4, -0.2) is 10.7 Å². The molecule has 0 unspecified atom stereocenters. The average Bonchev–Trinajstić information content (AvgIpc) is 2.29. The Morgan fingerprint density at radius 2 is 1.62 bits per heavy atom. The number of hydrogen-bond donors (Lipinski definition) is 1. The standard InChI is InChI=1S/C15H18O/c1-3-11-15(16,12-4-2)13-10-14-8-6-5-7-9-14/h3-10,13,16H,1-2,11-12H2/b13-10+. The van der Waals surface area contributed by atoms with Crippen LogP contribution in [-0.2, 0) is 0 Å². The fourth-order valence-corrected chi connectivity index (χ4v) is 1.53. The van der Waals surface area contributed by atoms with Gasteiger partial charge in [0, 0.05) is 0 Å². The summed E-state index contributed by atoms with van der Waals surface area (Å²) in [5.74, 6) is 0. The third-order valence-corrected chi connectivity index (χ3v) is 2.38. The first-order valence-corrected chi connectivity index (χ1v) is 5.39. The lowest BCUT2D eigenvalue weighted by atomic mass is 9.94. The molecular weight excluding hydrogens is 196 g/mol. The maximum Gasteiger partial charge on any atom is 0.0899 e. The molecule has 0 heterocycles. The summed E-state index contributed by atoms with van der Waals surface area (Å²) in [6.07, 6.45) is 8.24. The van der Waals surface area contributed by atoms with Crippen molar-refractivity contribution in [1.82, 2.24) is 0 Å². The van der Waals surface area contributed by atoms with Crippen molar-refractivity contribution in [2.75, 3.05) is 0 Å². The lowest BCUT2D eigenvalue weighted by molar-refractivity contribution is 0.0986. The topological polar surface area (TPSA) is 20.2 Å². The van der Waals surface area contributed by atoms with Crippen molar-refractivity contribution in [3.8, 4) is 0 Å². The van der Waals surface area contributed by atoms with Gasteiger partial charge in [0.05, 0.1) is 5.60 Å². The molecule has 1 aromatic rings. The summed E-state index contributed by atoms with van der Waals surface area (Å²) in [4.78, 5) is 0. The summed E-state index contributed by atoms with van der Waals surface area (Å²) >= 11 is 0. The first-order chi connectivity index (χ1) is 7.70. The molecule has 0 aromatic heterocycles. The van der Waals surface area contributed by atoms with E-state index >= 15 is 0 Å². The van der Waals surface area contributed by atoms with E-state index in [1.807, 2.05) is 42.5 Å². The molecule has 0 saturated heterocycles. The predicted molar refractivity (Wildman–Crippen MR) is 70.1 cm³/mol. The minimum Gasteiger partial charge on any atom is -0.385 e. The van der Waals surface area contributed by atoms with E-state index in [-0.39, 0.29) is 0 Å². The number of benzene rings is 1. The minimum atomic E-state index is -0.862. The van der Waals surface area contributed by atoms with Gasteiger partial charge in [-0.1, -0.05) is 54.6 Å². The molecule has 0 aliphatic heterocycles. The van der Waals surface area contributed by atoms with Crippen molar-refractivity contribution in [3.63, 3.8) is 0 Å². The molecule has 84 valence electrons. The third-order valence-electron chi connectivity index (χ3n) is 2.38. The van der Waals surface area contributed by atoms with Crippen molar-refractivity contribution in [3.05, 3.63) is 67.3 Å². The van der Waals surface area contributed by atoms with E-state index in [9.17, 15) is 5.11 Å². The van der Waals surface area contributed by atoms with Gasteiger partial charge in [-0.2, -0.15) is 0 Å². The molecule has 0 spiro atoms. The molecule has 0 bridgehead atoms.